The molecule has 1 amide bonds. The molecule has 5 atom stereocenters. The Morgan fingerprint density at radius 1 is 1.12 bits per heavy atom. The summed E-state index contributed by atoms with van der Waals surface area (Å²) < 4.78 is 47.9. The predicted molar refractivity (Wildman–Crippen MR) is 147 cm³/mol. The van der Waals surface area contributed by atoms with Gasteiger partial charge in [-0.3, -0.25) is 10.1 Å². The zero-order valence-electron chi connectivity index (χ0n) is 23.7. The standard InChI is InChI=1S/C28H35F3N6O5/c1-26(2,3)42-25(38)35-22-18-8-16-9-19(22)12-27(10-16,11-18)15-34-23-20(37(39)40)14-33-24(36-23)32-13-17-6-4-5-7-21(17)41-28(29,30)31/h4-7,14,16,18-19,22H,8-13,15H2,1-3H3,(H,35,38)(H2,32,33,34,36)/t16?,18-,19+,22-,27-. The lowest BCUT2D eigenvalue weighted by atomic mass is 9.48. The molecule has 0 spiro atoms. The fourth-order valence-corrected chi connectivity index (χ4v) is 7.13. The van der Waals surface area contributed by atoms with Gasteiger partial charge < -0.3 is 25.4 Å². The Labute approximate surface area is 241 Å². The van der Waals surface area contributed by atoms with Gasteiger partial charge in [-0.2, -0.15) is 4.98 Å². The summed E-state index contributed by atoms with van der Waals surface area (Å²) in [4.78, 5) is 32.0. The molecule has 4 bridgehead atoms. The van der Waals surface area contributed by atoms with Crippen molar-refractivity contribution in [1.82, 2.24) is 15.3 Å². The van der Waals surface area contributed by atoms with Gasteiger partial charge in [-0.25, -0.2) is 9.78 Å². The van der Waals surface area contributed by atoms with Gasteiger partial charge in [0, 0.05) is 24.7 Å². The Hall–Kier alpha value is -3.84. The first-order chi connectivity index (χ1) is 19.7. The summed E-state index contributed by atoms with van der Waals surface area (Å²) in [5.74, 6) is 0.814. The molecular weight excluding hydrogens is 557 g/mol. The van der Waals surface area contributed by atoms with Gasteiger partial charge in [0.05, 0.1) is 4.92 Å². The first kappa shape index (κ1) is 29.6. The highest BCUT2D eigenvalue weighted by molar-refractivity contribution is 5.68. The van der Waals surface area contributed by atoms with Crippen molar-refractivity contribution in [3.8, 4) is 5.75 Å². The molecule has 1 heterocycles. The molecule has 14 heteroatoms. The fourth-order valence-electron chi connectivity index (χ4n) is 7.13. The van der Waals surface area contributed by atoms with Crippen LogP contribution in [0.1, 0.15) is 58.4 Å². The van der Waals surface area contributed by atoms with E-state index < -0.39 is 23.0 Å². The number of ether oxygens (including phenoxy) is 2. The minimum atomic E-state index is -4.85. The Morgan fingerprint density at radius 2 is 1.81 bits per heavy atom. The summed E-state index contributed by atoms with van der Waals surface area (Å²) in [5.41, 5.74) is -0.755. The number of rotatable bonds is 9. The van der Waals surface area contributed by atoms with Crippen molar-refractivity contribution in [1.29, 1.82) is 0 Å². The van der Waals surface area contributed by atoms with Crippen molar-refractivity contribution in [3.63, 3.8) is 0 Å². The van der Waals surface area contributed by atoms with E-state index in [0.29, 0.717) is 24.3 Å². The van der Waals surface area contributed by atoms with Gasteiger partial charge in [-0.15, -0.1) is 13.2 Å². The van der Waals surface area contributed by atoms with Crippen LogP contribution in [-0.2, 0) is 11.3 Å². The minimum absolute atomic E-state index is 0.0250. The molecule has 0 saturated heterocycles. The number of carbonyl (C=O) groups excluding carboxylic acids is 1. The third-order valence-corrected chi connectivity index (χ3v) is 8.32. The van der Waals surface area contributed by atoms with Crippen LogP contribution in [-0.4, -0.2) is 45.5 Å². The quantitative estimate of drug-likeness (QED) is 0.235. The number of hydrogen-bond acceptors (Lipinski definition) is 9. The molecule has 1 aromatic carbocycles. The number of carbonyl (C=O) groups is 1. The number of nitro groups is 1. The summed E-state index contributed by atoms with van der Waals surface area (Å²) >= 11 is 0. The molecule has 4 saturated carbocycles. The molecule has 4 fully saturated rings. The highest BCUT2D eigenvalue weighted by Gasteiger charge is 2.55. The van der Waals surface area contributed by atoms with E-state index in [9.17, 15) is 28.1 Å². The number of hydrogen-bond donors (Lipinski definition) is 3. The van der Waals surface area contributed by atoms with E-state index in [2.05, 4.69) is 30.7 Å². The van der Waals surface area contributed by atoms with Crippen LogP contribution >= 0.6 is 0 Å². The fraction of sp³-hybridized carbons (Fsp3) is 0.607. The first-order valence-electron chi connectivity index (χ1n) is 14.0. The number of anilines is 2. The van der Waals surface area contributed by atoms with Crippen LogP contribution in [0.3, 0.4) is 0 Å². The van der Waals surface area contributed by atoms with Crippen LogP contribution < -0.4 is 20.7 Å². The smallest absolute Gasteiger partial charge is 0.444 e. The maximum Gasteiger partial charge on any atom is 0.573 e. The molecule has 0 aliphatic heterocycles. The molecule has 228 valence electrons. The third-order valence-electron chi connectivity index (χ3n) is 8.32. The minimum Gasteiger partial charge on any atom is -0.444 e. The lowest BCUT2D eigenvalue weighted by molar-refractivity contribution is -0.384. The average molecular weight is 593 g/mol. The Bertz CT molecular complexity index is 1320. The van der Waals surface area contributed by atoms with Crippen LogP contribution in [0.5, 0.6) is 5.75 Å². The summed E-state index contributed by atoms with van der Waals surface area (Å²) in [6, 6.07) is 5.71. The number of amides is 1. The molecule has 1 aromatic heterocycles. The van der Waals surface area contributed by atoms with Gasteiger partial charge in [-0.05, 0) is 82.1 Å². The summed E-state index contributed by atoms with van der Waals surface area (Å²) in [5, 5.41) is 20.9. The molecule has 4 aliphatic carbocycles. The summed E-state index contributed by atoms with van der Waals surface area (Å²) in [6.45, 7) is 5.87. The van der Waals surface area contributed by atoms with E-state index in [4.69, 9.17) is 4.74 Å². The summed E-state index contributed by atoms with van der Waals surface area (Å²) in [6.07, 6.45) is 0.611. The zero-order valence-corrected chi connectivity index (χ0v) is 23.7. The van der Waals surface area contributed by atoms with Crippen molar-refractivity contribution in [2.45, 2.75) is 77.4 Å². The Morgan fingerprint density at radius 3 is 2.45 bits per heavy atom. The predicted octanol–water partition coefficient (Wildman–Crippen LogP) is 6.03. The van der Waals surface area contributed by atoms with Crippen LogP contribution in [0.4, 0.5) is 35.4 Å². The molecule has 4 aliphatic rings. The highest BCUT2D eigenvalue weighted by Crippen LogP contribution is 2.60. The lowest BCUT2D eigenvalue weighted by Crippen LogP contribution is -2.60. The molecular formula is C28H35F3N6O5. The number of para-hydroxylation sites is 1. The number of alkyl halides is 3. The number of aromatic nitrogens is 2. The van der Waals surface area contributed by atoms with Gasteiger partial charge in [0.2, 0.25) is 11.8 Å². The molecule has 3 N–H and O–H groups in total. The van der Waals surface area contributed by atoms with Crippen LogP contribution in [0, 0.1) is 33.3 Å². The molecule has 42 heavy (non-hydrogen) atoms. The number of benzene rings is 1. The normalized spacial score (nSPS) is 26.4. The number of nitrogens with zero attached hydrogens (tertiary/aromatic N) is 3. The van der Waals surface area contributed by atoms with Gasteiger partial charge in [-0.1, -0.05) is 18.2 Å². The van der Waals surface area contributed by atoms with Crippen molar-refractivity contribution >= 4 is 23.5 Å². The van der Waals surface area contributed by atoms with E-state index in [0.717, 1.165) is 38.3 Å². The lowest BCUT2D eigenvalue weighted by Gasteiger charge is -2.60. The van der Waals surface area contributed by atoms with E-state index in [-0.39, 0.29) is 46.8 Å². The topological polar surface area (TPSA) is 141 Å². The number of alkyl carbamates (subject to hydrolysis) is 1. The van der Waals surface area contributed by atoms with Gasteiger partial charge in [0.25, 0.3) is 0 Å². The van der Waals surface area contributed by atoms with Crippen molar-refractivity contribution in [2.75, 3.05) is 17.2 Å². The maximum absolute atomic E-state index is 12.8. The maximum atomic E-state index is 12.8. The van der Waals surface area contributed by atoms with E-state index in [1.54, 1.807) is 6.07 Å². The first-order valence-corrected chi connectivity index (χ1v) is 14.0. The van der Waals surface area contributed by atoms with Crippen molar-refractivity contribution < 1.29 is 32.4 Å². The molecule has 1 unspecified atom stereocenters. The molecule has 6 rings (SSSR count). The van der Waals surface area contributed by atoms with Crippen molar-refractivity contribution in [3.05, 3.63) is 46.1 Å². The molecule has 0 radical (unpaired) electrons. The molecule has 2 aromatic rings. The average Bonchev–Trinajstić information content (AvgIpc) is 2.87. The van der Waals surface area contributed by atoms with Crippen LogP contribution in [0.15, 0.2) is 30.5 Å². The van der Waals surface area contributed by atoms with E-state index in [1.807, 2.05) is 20.8 Å². The van der Waals surface area contributed by atoms with Gasteiger partial charge >= 0.3 is 18.1 Å². The second-order valence-electron chi connectivity index (χ2n) is 12.7. The second-order valence-corrected chi connectivity index (χ2v) is 12.7. The number of halogens is 3. The van der Waals surface area contributed by atoms with E-state index in [1.165, 1.54) is 18.2 Å². The third kappa shape index (κ3) is 6.96. The van der Waals surface area contributed by atoms with E-state index >= 15 is 0 Å². The monoisotopic (exact) mass is 592 g/mol. The molecule has 11 nitrogen and oxygen atoms in total. The van der Waals surface area contributed by atoms with Gasteiger partial charge in [0.1, 0.15) is 17.5 Å². The van der Waals surface area contributed by atoms with Crippen LogP contribution in [0.2, 0.25) is 0 Å². The highest BCUT2D eigenvalue weighted by atomic mass is 19.4. The number of nitrogens with one attached hydrogen (secondary N) is 3. The second kappa shape index (κ2) is 11.1. The SMILES string of the molecule is CC(C)(C)OC(=O)N[C@@H]1[C@@H]2CC3C[C@H]1C[C@@](CNc1nc(NCc4ccccc4OC(F)(F)F)ncc1[N+](=O)[O-])(C3)C2. The van der Waals surface area contributed by atoms with Gasteiger partial charge in [0.15, 0.2) is 0 Å². The largest absolute Gasteiger partial charge is 0.573 e. The summed E-state index contributed by atoms with van der Waals surface area (Å²) in [7, 11) is 0. The van der Waals surface area contributed by atoms with Crippen LogP contribution in [0.25, 0.3) is 0 Å². The Balaban J connectivity index is 1.26. The van der Waals surface area contributed by atoms with Crippen molar-refractivity contribution in [2.24, 2.45) is 23.2 Å². The zero-order chi connectivity index (χ0) is 30.3. The Kier molecular flexibility index (Phi) is 7.84.